The monoisotopic (exact) mass is 299 g/mol. The van der Waals surface area contributed by atoms with Crippen molar-refractivity contribution in [3.8, 4) is 0 Å². The van der Waals surface area contributed by atoms with E-state index in [4.69, 9.17) is 0 Å². The molecule has 2 amide bonds. The SMILES string of the molecule is O=C=NCCCCCN1C(=O)c2ccc(N=C=O)cc2C1=O. The zero-order valence-electron chi connectivity index (χ0n) is 11.7. The van der Waals surface area contributed by atoms with Crippen molar-refractivity contribution in [1.29, 1.82) is 0 Å². The van der Waals surface area contributed by atoms with E-state index in [2.05, 4.69) is 9.98 Å². The van der Waals surface area contributed by atoms with Crippen LogP contribution in [0.25, 0.3) is 0 Å². The zero-order valence-corrected chi connectivity index (χ0v) is 11.7. The highest BCUT2D eigenvalue weighted by atomic mass is 16.2. The third-order valence-corrected chi connectivity index (χ3v) is 3.35. The lowest BCUT2D eigenvalue weighted by atomic mass is 10.1. The summed E-state index contributed by atoms with van der Waals surface area (Å²) in [4.78, 5) is 52.6. The van der Waals surface area contributed by atoms with Gasteiger partial charge in [-0.3, -0.25) is 14.5 Å². The fourth-order valence-electron chi connectivity index (χ4n) is 2.29. The van der Waals surface area contributed by atoms with Crippen molar-refractivity contribution in [3.63, 3.8) is 0 Å². The maximum atomic E-state index is 12.2. The summed E-state index contributed by atoms with van der Waals surface area (Å²) in [5.41, 5.74) is 0.871. The average Bonchev–Trinajstić information content (AvgIpc) is 2.75. The fourth-order valence-corrected chi connectivity index (χ4v) is 2.29. The molecule has 0 N–H and O–H groups in total. The van der Waals surface area contributed by atoms with E-state index >= 15 is 0 Å². The van der Waals surface area contributed by atoms with Crippen molar-refractivity contribution >= 4 is 29.7 Å². The molecule has 112 valence electrons. The molecule has 0 bridgehead atoms. The number of aliphatic imine (C=N–C) groups is 2. The van der Waals surface area contributed by atoms with Gasteiger partial charge in [0.2, 0.25) is 12.2 Å². The normalized spacial score (nSPS) is 12.6. The summed E-state index contributed by atoms with van der Waals surface area (Å²) in [6.45, 7) is 0.710. The molecule has 0 radical (unpaired) electrons. The summed E-state index contributed by atoms with van der Waals surface area (Å²) in [7, 11) is 0. The van der Waals surface area contributed by atoms with Crippen LogP contribution in [0.4, 0.5) is 5.69 Å². The number of isocyanates is 2. The number of nitrogens with zero attached hydrogens (tertiary/aromatic N) is 3. The molecule has 1 heterocycles. The minimum atomic E-state index is -0.381. The molecule has 0 aliphatic carbocycles. The Morgan fingerprint density at radius 1 is 0.955 bits per heavy atom. The van der Waals surface area contributed by atoms with Gasteiger partial charge >= 0.3 is 0 Å². The van der Waals surface area contributed by atoms with E-state index in [-0.39, 0.29) is 17.4 Å². The topological polar surface area (TPSA) is 96.2 Å². The van der Waals surface area contributed by atoms with E-state index in [0.717, 1.165) is 6.42 Å². The minimum absolute atomic E-state index is 0.257. The van der Waals surface area contributed by atoms with Crippen LogP contribution in [0.3, 0.4) is 0 Å². The molecule has 7 heteroatoms. The molecular weight excluding hydrogens is 286 g/mol. The van der Waals surface area contributed by atoms with Gasteiger partial charge < -0.3 is 0 Å². The quantitative estimate of drug-likeness (QED) is 0.331. The van der Waals surface area contributed by atoms with Gasteiger partial charge in [-0.1, -0.05) is 0 Å². The van der Waals surface area contributed by atoms with Gasteiger partial charge in [0.05, 0.1) is 23.4 Å². The van der Waals surface area contributed by atoms with E-state index in [1.54, 1.807) is 0 Å². The largest absolute Gasteiger partial charge is 0.274 e. The highest BCUT2D eigenvalue weighted by Gasteiger charge is 2.35. The second-order valence-corrected chi connectivity index (χ2v) is 4.73. The summed E-state index contributed by atoms with van der Waals surface area (Å²) in [6, 6.07) is 4.40. The van der Waals surface area contributed by atoms with Gasteiger partial charge in [0, 0.05) is 6.54 Å². The summed E-state index contributed by atoms with van der Waals surface area (Å²) < 4.78 is 0. The Hall–Kier alpha value is -2.88. The molecular formula is C15H13N3O4. The zero-order chi connectivity index (χ0) is 15.9. The van der Waals surface area contributed by atoms with E-state index in [0.29, 0.717) is 37.2 Å². The van der Waals surface area contributed by atoms with Crippen molar-refractivity contribution in [2.24, 2.45) is 9.98 Å². The lowest BCUT2D eigenvalue weighted by molar-refractivity contribution is 0.0651. The van der Waals surface area contributed by atoms with E-state index in [1.165, 1.54) is 35.3 Å². The average molecular weight is 299 g/mol. The van der Waals surface area contributed by atoms with Gasteiger partial charge in [0.25, 0.3) is 11.8 Å². The van der Waals surface area contributed by atoms with Gasteiger partial charge in [-0.25, -0.2) is 14.6 Å². The Bertz CT molecular complexity index is 701. The van der Waals surface area contributed by atoms with E-state index in [1.807, 2.05) is 0 Å². The molecule has 1 aromatic rings. The number of carbonyl (C=O) groups excluding carboxylic acids is 4. The van der Waals surface area contributed by atoms with Crippen LogP contribution < -0.4 is 0 Å². The number of hydrogen-bond donors (Lipinski definition) is 0. The minimum Gasteiger partial charge on any atom is -0.274 e. The number of fused-ring (bicyclic) bond motifs is 1. The van der Waals surface area contributed by atoms with Crippen LogP contribution in [0.2, 0.25) is 0 Å². The molecule has 0 saturated carbocycles. The number of benzene rings is 1. The Morgan fingerprint density at radius 2 is 1.73 bits per heavy atom. The molecule has 0 spiro atoms. The third kappa shape index (κ3) is 3.23. The van der Waals surface area contributed by atoms with Crippen LogP contribution in [-0.2, 0) is 9.59 Å². The first-order valence-electron chi connectivity index (χ1n) is 6.81. The smallest absolute Gasteiger partial charge is 0.261 e. The van der Waals surface area contributed by atoms with Crippen LogP contribution in [0.5, 0.6) is 0 Å². The molecule has 1 aromatic carbocycles. The lowest BCUT2D eigenvalue weighted by Crippen LogP contribution is -2.30. The van der Waals surface area contributed by atoms with E-state index in [9.17, 15) is 19.2 Å². The second-order valence-electron chi connectivity index (χ2n) is 4.73. The van der Waals surface area contributed by atoms with Crippen LogP contribution in [-0.4, -0.2) is 42.0 Å². The number of rotatable bonds is 7. The summed E-state index contributed by atoms with van der Waals surface area (Å²) in [6.07, 6.45) is 4.95. The molecule has 0 atom stereocenters. The lowest BCUT2D eigenvalue weighted by Gasteiger charge is -2.12. The van der Waals surface area contributed by atoms with Gasteiger partial charge in [0.1, 0.15) is 0 Å². The standard InChI is InChI=1S/C15H13N3O4/c19-9-16-6-2-1-3-7-18-14(21)12-5-4-11(17-10-20)8-13(12)15(18)22/h4-5,8H,1-3,6-7H2. The van der Waals surface area contributed by atoms with Crippen LogP contribution >= 0.6 is 0 Å². The maximum absolute atomic E-state index is 12.2. The summed E-state index contributed by atoms with van der Waals surface area (Å²) in [5.74, 6) is -0.721. The van der Waals surface area contributed by atoms with Gasteiger partial charge in [-0.2, -0.15) is 4.99 Å². The highest BCUT2D eigenvalue weighted by Crippen LogP contribution is 2.27. The Balaban J connectivity index is 2.01. The third-order valence-electron chi connectivity index (χ3n) is 3.35. The summed E-state index contributed by atoms with van der Waals surface area (Å²) >= 11 is 0. The van der Waals surface area contributed by atoms with Crippen molar-refractivity contribution in [2.75, 3.05) is 13.1 Å². The van der Waals surface area contributed by atoms with Gasteiger partial charge in [0.15, 0.2) is 0 Å². The highest BCUT2D eigenvalue weighted by molar-refractivity contribution is 6.21. The number of hydrogen-bond acceptors (Lipinski definition) is 6. The Kier molecular flexibility index (Phi) is 5.09. The second kappa shape index (κ2) is 7.22. The molecule has 7 nitrogen and oxygen atoms in total. The number of unbranched alkanes of at least 4 members (excludes halogenated alkanes) is 2. The van der Waals surface area contributed by atoms with E-state index < -0.39 is 0 Å². The predicted octanol–water partition coefficient (Wildman–Crippen LogP) is 1.76. The maximum Gasteiger partial charge on any atom is 0.261 e. The number of amides is 2. The Labute approximate surface area is 126 Å². The molecule has 22 heavy (non-hydrogen) atoms. The van der Waals surface area contributed by atoms with Crippen LogP contribution in [0, 0.1) is 0 Å². The first-order valence-corrected chi connectivity index (χ1v) is 6.81. The number of imide groups is 1. The van der Waals surface area contributed by atoms with Crippen LogP contribution in [0.1, 0.15) is 40.0 Å². The van der Waals surface area contributed by atoms with Crippen molar-refractivity contribution < 1.29 is 19.2 Å². The Morgan fingerprint density at radius 3 is 2.45 bits per heavy atom. The van der Waals surface area contributed by atoms with Crippen molar-refractivity contribution in [2.45, 2.75) is 19.3 Å². The first-order chi connectivity index (χ1) is 10.7. The molecule has 1 aliphatic heterocycles. The van der Waals surface area contributed by atoms with Crippen molar-refractivity contribution in [1.82, 2.24) is 4.90 Å². The fraction of sp³-hybridized carbons (Fsp3) is 0.333. The molecule has 0 fully saturated rings. The van der Waals surface area contributed by atoms with Gasteiger partial charge in [-0.15, -0.1) is 0 Å². The molecule has 0 saturated heterocycles. The predicted molar refractivity (Wildman–Crippen MR) is 76.4 cm³/mol. The summed E-state index contributed by atoms with van der Waals surface area (Å²) in [5, 5.41) is 0. The molecule has 0 aromatic heterocycles. The van der Waals surface area contributed by atoms with Crippen molar-refractivity contribution in [3.05, 3.63) is 29.3 Å². The molecule has 1 aliphatic rings. The van der Waals surface area contributed by atoms with Gasteiger partial charge in [-0.05, 0) is 37.5 Å². The molecule has 0 unspecified atom stereocenters. The van der Waals surface area contributed by atoms with Crippen LogP contribution in [0.15, 0.2) is 28.2 Å². The molecule has 2 rings (SSSR count). The first kappa shape index (κ1) is 15.5. The number of carbonyl (C=O) groups is 2.